The molecule has 3 nitrogen and oxygen atoms in total. The van der Waals surface area contributed by atoms with E-state index in [9.17, 15) is 0 Å². The van der Waals surface area contributed by atoms with Gasteiger partial charge >= 0.3 is 0 Å². The smallest absolute Gasteiger partial charge is 0.0596 e. The molecule has 16 heavy (non-hydrogen) atoms. The molecule has 0 saturated carbocycles. The Morgan fingerprint density at radius 1 is 1.25 bits per heavy atom. The van der Waals surface area contributed by atoms with E-state index >= 15 is 0 Å². The summed E-state index contributed by atoms with van der Waals surface area (Å²) in [6, 6.07) is 2.13. The van der Waals surface area contributed by atoms with Gasteiger partial charge in [0.25, 0.3) is 0 Å². The first-order valence-corrected chi connectivity index (χ1v) is 6.14. The fourth-order valence-corrected chi connectivity index (χ4v) is 1.75. The van der Waals surface area contributed by atoms with E-state index in [2.05, 4.69) is 48.9 Å². The van der Waals surface area contributed by atoms with Crippen LogP contribution < -0.4 is 5.32 Å². The van der Waals surface area contributed by atoms with Crippen LogP contribution in [0.25, 0.3) is 0 Å². The van der Waals surface area contributed by atoms with Gasteiger partial charge < -0.3 is 5.32 Å². The number of hydrogen-bond donors (Lipinski definition) is 1. The standard InChI is InChI=1S/C13H25N3/c1-11-10-12(2)16(15-11)9-7-6-8-14-13(3,4)5/h10,14H,6-9H2,1-5H3. The van der Waals surface area contributed by atoms with Crippen molar-refractivity contribution in [1.29, 1.82) is 0 Å². The molecule has 0 atom stereocenters. The zero-order chi connectivity index (χ0) is 12.2. The van der Waals surface area contributed by atoms with Crippen LogP contribution in [0.3, 0.4) is 0 Å². The predicted molar refractivity (Wildman–Crippen MR) is 68.7 cm³/mol. The van der Waals surface area contributed by atoms with E-state index in [-0.39, 0.29) is 5.54 Å². The number of hydrogen-bond acceptors (Lipinski definition) is 2. The molecular formula is C13H25N3. The van der Waals surface area contributed by atoms with Crippen LogP contribution in [0.5, 0.6) is 0 Å². The summed E-state index contributed by atoms with van der Waals surface area (Å²) in [6.07, 6.45) is 2.39. The van der Waals surface area contributed by atoms with E-state index in [1.807, 2.05) is 6.92 Å². The first-order valence-electron chi connectivity index (χ1n) is 6.14. The number of aromatic nitrogens is 2. The van der Waals surface area contributed by atoms with E-state index < -0.39 is 0 Å². The van der Waals surface area contributed by atoms with Crippen LogP contribution in [-0.4, -0.2) is 21.9 Å². The average Bonchev–Trinajstić information content (AvgIpc) is 2.42. The third kappa shape index (κ3) is 4.79. The Kier molecular flexibility index (Phi) is 4.54. The monoisotopic (exact) mass is 223 g/mol. The third-order valence-electron chi connectivity index (χ3n) is 2.56. The molecule has 1 heterocycles. The summed E-state index contributed by atoms with van der Waals surface area (Å²) in [5, 5.41) is 7.95. The van der Waals surface area contributed by atoms with E-state index in [0.29, 0.717) is 0 Å². The molecule has 0 aliphatic heterocycles. The zero-order valence-corrected chi connectivity index (χ0v) is 11.3. The largest absolute Gasteiger partial charge is 0.312 e. The molecule has 0 unspecified atom stereocenters. The van der Waals surface area contributed by atoms with Gasteiger partial charge in [0, 0.05) is 17.8 Å². The SMILES string of the molecule is Cc1cc(C)n(CCCCNC(C)(C)C)n1. The summed E-state index contributed by atoms with van der Waals surface area (Å²) in [5.41, 5.74) is 2.62. The summed E-state index contributed by atoms with van der Waals surface area (Å²) >= 11 is 0. The highest BCUT2D eigenvalue weighted by Gasteiger charge is 2.07. The number of nitrogens with one attached hydrogen (secondary N) is 1. The fraction of sp³-hybridized carbons (Fsp3) is 0.769. The van der Waals surface area contributed by atoms with Crippen molar-refractivity contribution in [3.8, 4) is 0 Å². The molecule has 0 amide bonds. The van der Waals surface area contributed by atoms with Crippen molar-refractivity contribution < 1.29 is 0 Å². The normalized spacial score (nSPS) is 12.1. The van der Waals surface area contributed by atoms with Gasteiger partial charge in [-0.05, 0) is 60.1 Å². The van der Waals surface area contributed by atoms with Crippen LogP contribution >= 0.6 is 0 Å². The number of unbranched alkanes of at least 4 members (excludes halogenated alkanes) is 1. The second-order valence-electron chi connectivity index (χ2n) is 5.53. The molecule has 0 spiro atoms. The van der Waals surface area contributed by atoms with E-state index in [4.69, 9.17) is 0 Å². The molecule has 92 valence electrons. The minimum absolute atomic E-state index is 0.234. The van der Waals surface area contributed by atoms with Gasteiger partial charge in [-0.15, -0.1) is 0 Å². The Morgan fingerprint density at radius 3 is 2.44 bits per heavy atom. The first-order chi connectivity index (χ1) is 7.38. The van der Waals surface area contributed by atoms with Crippen molar-refractivity contribution in [2.24, 2.45) is 0 Å². The van der Waals surface area contributed by atoms with Crippen molar-refractivity contribution >= 4 is 0 Å². The number of aryl methyl sites for hydroxylation is 3. The lowest BCUT2D eigenvalue weighted by molar-refractivity contribution is 0.411. The minimum Gasteiger partial charge on any atom is -0.312 e. The van der Waals surface area contributed by atoms with Gasteiger partial charge in [0.05, 0.1) is 5.69 Å². The highest BCUT2D eigenvalue weighted by molar-refractivity contribution is 5.06. The van der Waals surface area contributed by atoms with Crippen LogP contribution in [0.4, 0.5) is 0 Å². The molecule has 0 aliphatic rings. The second-order valence-corrected chi connectivity index (χ2v) is 5.53. The maximum atomic E-state index is 4.45. The Balaban J connectivity index is 2.19. The van der Waals surface area contributed by atoms with Crippen LogP contribution in [0.15, 0.2) is 6.07 Å². The Labute approximate surface area is 99.2 Å². The third-order valence-corrected chi connectivity index (χ3v) is 2.56. The first kappa shape index (κ1) is 13.2. The van der Waals surface area contributed by atoms with Crippen LogP contribution in [0.2, 0.25) is 0 Å². The molecule has 1 aromatic rings. The molecular weight excluding hydrogens is 198 g/mol. The van der Waals surface area contributed by atoms with Gasteiger partial charge in [-0.1, -0.05) is 0 Å². The minimum atomic E-state index is 0.234. The molecule has 1 rings (SSSR count). The summed E-state index contributed by atoms with van der Waals surface area (Å²) < 4.78 is 2.10. The summed E-state index contributed by atoms with van der Waals surface area (Å²) in [5.74, 6) is 0. The molecule has 3 heteroatoms. The van der Waals surface area contributed by atoms with Crippen molar-refractivity contribution in [2.75, 3.05) is 6.54 Å². The van der Waals surface area contributed by atoms with Crippen LogP contribution in [0.1, 0.15) is 45.0 Å². The van der Waals surface area contributed by atoms with Gasteiger partial charge in [-0.3, -0.25) is 4.68 Å². The molecule has 0 radical (unpaired) electrons. The van der Waals surface area contributed by atoms with Gasteiger partial charge in [-0.2, -0.15) is 5.10 Å². The van der Waals surface area contributed by atoms with E-state index in [0.717, 1.165) is 18.8 Å². The average molecular weight is 223 g/mol. The van der Waals surface area contributed by atoms with Crippen LogP contribution in [-0.2, 0) is 6.54 Å². The maximum absolute atomic E-state index is 4.45. The van der Waals surface area contributed by atoms with Crippen LogP contribution in [0, 0.1) is 13.8 Å². The Bertz CT molecular complexity index is 320. The summed E-state index contributed by atoms with van der Waals surface area (Å²) in [4.78, 5) is 0. The summed E-state index contributed by atoms with van der Waals surface area (Å²) in [7, 11) is 0. The number of nitrogens with zero attached hydrogens (tertiary/aromatic N) is 2. The molecule has 0 bridgehead atoms. The highest BCUT2D eigenvalue weighted by atomic mass is 15.3. The van der Waals surface area contributed by atoms with Crippen molar-refractivity contribution in [3.63, 3.8) is 0 Å². The van der Waals surface area contributed by atoms with E-state index in [1.165, 1.54) is 18.5 Å². The lowest BCUT2D eigenvalue weighted by Crippen LogP contribution is -2.36. The summed E-state index contributed by atoms with van der Waals surface area (Å²) in [6.45, 7) is 12.9. The van der Waals surface area contributed by atoms with E-state index in [1.54, 1.807) is 0 Å². The topological polar surface area (TPSA) is 29.9 Å². The molecule has 0 aliphatic carbocycles. The Hall–Kier alpha value is -0.830. The number of rotatable bonds is 5. The van der Waals surface area contributed by atoms with Gasteiger partial charge in [0.1, 0.15) is 0 Å². The molecule has 0 fully saturated rings. The highest BCUT2D eigenvalue weighted by Crippen LogP contribution is 2.04. The molecule has 1 aromatic heterocycles. The maximum Gasteiger partial charge on any atom is 0.0596 e. The molecule has 0 aromatic carbocycles. The van der Waals surface area contributed by atoms with Gasteiger partial charge in [0.2, 0.25) is 0 Å². The lowest BCUT2D eigenvalue weighted by atomic mass is 10.1. The van der Waals surface area contributed by atoms with Crippen molar-refractivity contribution in [1.82, 2.24) is 15.1 Å². The molecule has 1 N–H and O–H groups in total. The Morgan fingerprint density at radius 2 is 1.94 bits per heavy atom. The van der Waals surface area contributed by atoms with Crippen molar-refractivity contribution in [2.45, 2.75) is 59.5 Å². The fourth-order valence-electron chi connectivity index (χ4n) is 1.75. The zero-order valence-electron chi connectivity index (χ0n) is 11.3. The van der Waals surface area contributed by atoms with Gasteiger partial charge in [-0.25, -0.2) is 0 Å². The predicted octanol–water partition coefficient (Wildman–Crippen LogP) is 2.67. The van der Waals surface area contributed by atoms with Crippen molar-refractivity contribution in [3.05, 3.63) is 17.5 Å². The lowest BCUT2D eigenvalue weighted by Gasteiger charge is -2.20. The quantitative estimate of drug-likeness (QED) is 0.778. The van der Waals surface area contributed by atoms with Gasteiger partial charge in [0.15, 0.2) is 0 Å². The second kappa shape index (κ2) is 5.48. The molecule has 0 saturated heterocycles.